The lowest BCUT2D eigenvalue weighted by Gasteiger charge is -2.16. The van der Waals surface area contributed by atoms with Crippen molar-refractivity contribution in [2.45, 2.75) is 12.5 Å². The molecule has 1 aromatic rings. The summed E-state index contributed by atoms with van der Waals surface area (Å²) in [5, 5.41) is 0. The van der Waals surface area contributed by atoms with Crippen LogP contribution in [-0.4, -0.2) is 38.7 Å². The lowest BCUT2D eigenvalue weighted by molar-refractivity contribution is -0.145. The molecule has 19 heavy (non-hydrogen) atoms. The van der Waals surface area contributed by atoms with Gasteiger partial charge in [-0.1, -0.05) is 0 Å². The number of esters is 2. The molecule has 0 aliphatic carbocycles. The van der Waals surface area contributed by atoms with Gasteiger partial charge in [0.05, 0.1) is 23.5 Å². The molecule has 1 aromatic carbocycles. The van der Waals surface area contributed by atoms with Gasteiger partial charge in [-0.3, -0.25) is 0 Å². The first-order valence-electron chi connectivity index (χ1n) is 5.93. The number of cyclic esters (lactones) is 1. The van der Waals surface area contributed by atoms with Crippen molar-refractivity contribution in [1.82, 2.24) is 0 Å². The summed E-state index contributed by atoms with van der Waals surface area (Å²) in [5.74, 6) is -1.06. The van der Waals surface area contributed by atoms with Gasteiger partial charge >= 0.3 is 11.9 Å². The highest BCUT2D eigenvalue weighted by Gasteiger charge is 2.30. The van der Waals surface area contributed by atoms with E-state index in [1.807, 2.05) is 19.0 Å². The van der Waals surface area contributed by atoms with Crippen LogP contribution in [0.1, 0.15) is 16.8 Å². The Labute approximate surface area is 111 Å². The third-order valence-corrected chi connectivity index (χ3v) is 2.88. The summed E-state index contributed by atoms with van der Waals surface area (Å²) in [6.07, 6.45) is -0.405. The SMILES string of the molecule is CN(C)c1ccc(C(=O)OC2CCOC2=O)cc1N. The minimum Gasteiger partial charge on any atom is -0.463 e. The summed E-state index contributed by atoms with van der Waals surface area (Å²) in [6.45, 7) is 0.290. The number of nitrogens with two attached hydrogens (primary N) is 1. The molecule has 6 heteroatoms. The summed E-state index contributed by atoms with van der Waals surface area (Å²) in [7, 11) is 3.72. The fourth-order valence-electron chi connectivity index (χ4n) is 1.87. The van der Waals surface area contributed by atoms with Gasteiger partial charge in [0.1, 0.15) is 0 Å². The fourth-order valence-corrected chi connectivity index (χ4v) is 1.87. The summed E-state index contributed by atoms with van der Waals surface area (Å²) in [6, 6.07) is 4.89. The number of nitrogen functional groups attached to an aromatic ring is 1. The average Bonchev–Trinajstić information content (AvgIpc) is 2.74. The minimum absolute atomic E-state index is 0.290. The maximum absolute atomic E-state index is 11.9. The molecule has 6 nitrogen and oxygen atoms in total. The summed E-state index contributed by atoms with van der Waals surface area (Å²) < 4.78 is 9.81. The van der Waals surface area contributed by atoms with Crippen LogP contribution in [0.5, 0.6) is 0 Å². The Morgan fingerprint density at radius 1 is 1.47 bits per heavy atom. The van der Waals surface area contributed by atoms with Crippen LogP contribution >= 0.6 is 0 Å². The molecule has 0 spiro atoms. The Kier molecular flexibility index (Phi) is 3.59. The number of ether oxygens (including phenoxy) is 2. The number of nitrogens with zero attached hydrogens (tertiary/aromatic N) is 1. The maximum atomic E-state index is 11.9. The minimum atomic E-state index is -0.803. The lowest BCUT2D eigenvalue weighted by Crippen LogP contribution is -2.22. The molecule has 102 valence electrons. The molecule has 1 aliphatic heterocycles. The molecular formula is C13H16N2O4. The Hall–Kier alpha value is -2.24. The second-order valence-corrected chi connectivity index (χ2v) is 4.52. The molecule has 0 saturated carbocycles. The molecule has 0 amide bonds. The largest absolute Gasteiger partial charge is 0.463 e. The van der Waals surface area contributed by atoms with Gasteiger partial charge in [0.15, 0.2) is 0 Å². The molecule has 1 aliphatic rings. The van der Waals surface area contributed by atoms with Crippen molar-refractivity contribution < 1.29 is 19.1 Å². The molecule has 2 rings (SSSR count). The van der Waals surface area contributed by atoms with Crippen LogP contribution in [0.25, 0.3) is 0 Å². The maximum Gasteiger partial charge on any atom is 0.347 e. The van der Waals surface area contributed by atoms with Crippen LogP contribution < -0.4 is 10.6 Å². The number of hydrogen-bond acceptors (Lipinski definition) is 6. The Morgan fingerprint density at radius 3 is 2.74 bits per heavy atom. The molecular weight excluding hydrogens is 248 g/mol. The van der Waals surface area contributed by atoms with Gasteiger partial charge in [0.25, 0.3) is 0 Å². The van der Waals surface area contributed by atoms with Crippen LogP contribution in [0, 0.1) is 0 Å². The molecule has 2 N–H and O–H groups in total. The first-order chi connectivity index (χ1) is 8.99. The van der Waals surface area contributed by atoms with Crippen LogP contribution in [0.3, 0.4) is 0 Å². The predicted octanol–water partition coefficient (Wildman–Crippen LogP) is 0.807. The Bertz CT molecular complexity index is 513. The van der Waals surface area contributed by atoms with E-state index >= 15 is 0 Å². The van der Waals surface area contributed by atoms with Gasteiger partial charge in [-0.25, -0.2) is 9.59 Å². The number of carbonyl (C=O) groups excluding carboxylic acids is 2. The van der Waals surface area contributed by atoms with E-state index < -0.39 is 18.0 Å². The van der Waals surface area contributed by atoms with E-state index in [-0.39, 0.29) is 0 Å². The van der Waals surface area contributed by atoms with Gasteiger partial charge in [0, 0.05) is 20.5 Å². The normalized spacial score (nSPS) is 18.0. The highest BCUT2D eigenvalue weighted by Crippen LogP contribution is 2.23. The highest BCUT2D eigenvalue weighted by molar-refractivity contribution is 5.93. The number of benzene rings is 1. The third-order valence-electron chi connectivity index (χ3n) is 2.88. The fraction of sp³-hybridized carbons (Fsp3) is 0.385. The van der Waals surface area contributed by atoms with Crippen molar-refractivity contribution in [2.75, 3.05) is 31.3 Å². The number of rotatable bonds is 3. The topological polar surface area (TPSA) is 81.9 Å². The second-order valence-electron chi connectivity index (χ2n) is 4.52. The molecule has 1 unspecified atom stereocenters. The first-order valence-corrected chi connectivity index (χ1v) is 5.93. The van der Waals surface area contributed by atoms with Crippen molar-refractivity contribution in [1.29, 1.82) is 0 Å². The number of anilines is 2. The van der Waals surface area contributed by atoms with Crippen LogP contribution in [0.4, 0.5) is 11.4 Å². The molecule has 1 heterocycles. The average molecular weight is 264 g/mol. The van der Waals surface area contributed by atoms with Crippen molar-refractivity contribution >= 4 is 23.3 Å². The van der Waals surface area contributed by atoms with E-state index in [0.717, 1.165) is 5.69 Å². The van der Waals surface area contributed by atoms with Crippen LogP contribution in [0.15, 0.2) is 18.2 Å². The first kappa shape index (κ1) is 13.2. The molecule has 1 fully saturated rings. The van der Waals surface area contributed by atoms with Gasteiger partial charge < -0.3 is 20.1 Å². The van der Waals surface area contributed by atoms with E-state index in [9.17, 15) is 9.59 Å². The second kappa shape index (κ2) is 5.17. The van der Waals surface area contributed by atoms with E-state index in [1.165, 1.54) is 6.07 Å². The van der Waals surface area contributed by atoms with E-state index in [0.29, 0.717) is 24.3 Å². The monoisotopic (exact) mass is 264 g/mol. The Balaban J connectivity index is 2.11. The quantitative estimate of drug-likeness (QED) is 0.642. The van der Waals surface area contributed by atoms with Crippen LogP contribution in [0.2, 0.25) is 0 Å². The lowest BCUT2D eigenvalue weighted by atomic mass is 10.1. The highest BCUT2D eigenvalue weighted by atomic mass is 16.6. The Morgan fingerprint density at radius 2 is 2.21 bits per heavy atom. The van der Waals surface area contributed by atoms with Gasteiger partial charge in [0.2, 0.25) is 6.10 Å². The molecule has 1 atom stereocenters. The van der Waals surface area contributed by atoms with E-state index in [1.54, 1.807) is 12.1 Å². The number of hydrogen-bond donors (Lipinski definition) is 1. The van der Waals surface area contributed by atoms with Crippen molar-refractivity contribution in [3.05, 3.63) is 23.8 Å². The molecule has 0 bridgehead atoms. The summed E-state index contributed by atoms with van der Waals surface area (Å²) >= 11 is 0. The van der Waals surface area contributed by atoms with Gasteiger partial charge in [-0.15, -0.1) is 0 Å². The smallest absolute Gasteiger partial charge is 0.347 e. The van der Waals surface area contributed by atoms with Crippen molar-refractivity contribution in [2.24, 2.45) is 0 Å². The zero-order valence-corrected chi connectivity index (χ0v) is 10.9. The molecule has 1 saturated heterocycles. The zero-order chi connectivity index (χ0) is 14.0. The van der Waals surface area contributed by atoms with E-state index in [4.69, 9.17) is 15.2 Å². The zero-order valence-electron chi connectivity index (χ0n) is 10.9. The van der Waals surface area contributed by atoms with E-state index in [2.05, 4.69) is 0 Å². The summed E-state index contributed by atoms with van der Waals surface area (Å²) in [4.78, 5) is 24.9. The number of carbonyl (C=O) groups is 2. The van der Waals surface area contributed by atoms with Crippen molar-refractivity contribution in [3.63, 3.8) is 0 Å². The van der Waals surface area contributed by atoms with Gasteiger partial charge in [-0.2, -0.15) is 0 Å². The van der Waals surface area contributed by atoms with Crippen LogP contribution in [-0.2, 0) is 14.3 Å². The predicted molar refractivity (Wildman–Crippen MR) is 70.0 cm³/mol. The summed E-state index contributed by atoms with van der Waals surface area (Å²) in [5.41, 5.74) is 7.47. The van der Waals surface area contributed by atoms with Gasteiger partial charge in [-0.05, 0) is 18.2 Å². The molecule has 0 radical (unpaired) electrons. The molecule has 0 aromatic heterocycles. The van der Waals surface area contributed by atoms with Crippen molar-refractivity contribution in [3.8, 4) is 0 Å². The third kappa shape index (κ3) is 2.78. The standard InChI is InChI=1S/C13H16N2O4/c1-15(2)10-4-3-8(7-9(10)14)12(16)19-11-5-6-18-13(11)17/h3-4,7,11H,5-6,14H2,1-2H3.